The fraction of sp³-hybridized carbons (Fsp3) is 0.600. The van der Waals surface area contributed by atoms with Gasteiger partial charge in [0.2, 0.25) is 0 Å². The number of guanidine groups is 1. The smallest absolute Gasteiger partial charge is 0.251 e. The third-order valence-electron chi connectivity index (χ3n) is 4.95. The molecule has 7 heteroatoms. The first kappa shape index (κ1) is 24.1. The number of amides is 1. The van der Waals surface area contributed by atoms with Crippen LogP contribution in [0.2, 0.25) is 0 Å². The normalized spacial score (nSPS) is 20.5. The minimum absolute atomic E-state index is 0. The van der Waals surface area contributed by atoms with Crippen LogP contribution in [0, 0.1) is 0 Å². The number of carbonyl (C=O) groups is 1. The van der Waals surface area contributed by atoms with Crippen molar-refractivity contribution in [3.8, 4) is 0 Å². The van der Waals surface area contributed by atoms with Gasteiger partial charge in [0.1, 0.15) is 0 Å². The number of thioether (sulfide) groups is 1. The topological polar surface area (TPSA) is 65.5 Å². The van der Waals surface area contributed by atoms with Crippen LogP contribution in [0.4, 0.5) is 0 Å². The lowest BCUT2D eigenvalue weighted by Gasteiger charge is -2.17. The molecule has 0 aliphatic heterocycles. The number of benzene rings is 1. The van der Waals surface area contributed by atoms with Crippen LogP contribution in [-0.2, 0) is 6.54 Å². The standard InChI is InChI=1S/C20H32N4OS.HI/c1-5-14(2)23-19(25)16-8-6-15(7-9-16)13-22-20(21-3)24-17-10-11-18(12-17)26-4;/h6-9,14,17-18H,5,10-13H2,1-4H3,(H,23,25)(H2,21,22,24);1H. The Hall–Kier alpha value is -0.960. The highest BCUT2D eigenvalue weighted by Gasteiger charge is 2.24. The van der Waals surface area contributed by atoms with Crippen LogP contribution in [0.5, 0.6) is 0 Å². The molecule has 3 atom stereocenters. The summed E-state index contributed by atoms with van der Waals surface area (Å²) in [6.07, 6.45) is 6.79. The van der Waals surface area contributed by atoms with Gasteiger partial charge < -0.3 is 16.0 Å². The first-order chi connectivity index (χ1) is 12.5. The van der Waals surface area contributed by atoms with Crippen molar-refractivity contribution >= 4 is 47.6 Å². The largest absolute Gasteiger partial charge is 0.354 e. The van der Waals surface area contributed by atoms with E-state index in [2.05, 4.69) is 34.1 Å². The van der Waals surface area contributed by atoms with Gasteiger partial charge in [-0.05, 0) is 56.6 Å². The van der Waals surface area contributed by atoms with Gasteiger partial charge in [-0.2, -0.15) is 11.8 Å². The van der Waals surface area contributed by atoms with E-state index in [1.807, 2.05) is 43.0 Å². The zero-order valence-corrected chi connectivity index (χ0v) is 19.9. The minimum atomic E-state index is -0.0130. The molecule has 1 aliphatic rings. The van der Waals surface area contributed by atoms with E-state index in [0.717, 1.165) is 23.2 Å². The van der Waals surface area contributed by atoms with E-state index >= 15 is 0 Å². The Kier molecular flexibility index (Phi) is 11.1. The Morgan fingerprint density at radius 3 is 2.56 bits per heavy atom. The molecule has 3 N–H and O–H groups in total. The van der Waals surface area contributed by atoms with E-state index in [9.17, 15) is 4.79 Å². The number of hydrogen-bond donors (Lipinski definition) is 3. The van der Waals surface area contributed by atoms with Crippen molar-refractivity contribution in [1.82, 2.24) is 16.0 Å². The second-order valence-electron chi connectivity index (χ2n) is 6.92. The van der Waals surface area contributed by atoms with E-state index in [4.69, 9.17) is 0 Å². The van der Waals surface area contributed by atoms with Gasteiger partial charge in [-0.1, -0.05) is 19.1 Å². The molecule has 152 valence electrons. The van der Waals surface area contributed by atoms with Crippen molar-refractivity contribution in [3.63, 3.8) is 0 Å². The Morgan fingerprint density at radius 2 is 2.00 bits per heavy atom. The Bertz CT molecular complexity index is 609. The van der Waals surface area contributed by atoms with Crippen molar-refractivity contribution in [2.45, 2.75) is 63.4 Å². The van der Waals surface area contributed by atoms with Crippen molar-refractivity contribution in [2.75, 3.05) is 13.3 Å². The molecule has 3 unspecified atom stereocenters. The Labute approximate surface area is 185 Å². The van der Waals surface area contributed by atoms with Crippen molar-refractivity contribution in [1.29, 1.82) is 0 Å². The summed E-state index contributed by atoms with van der Waals surface area (Å²) in [5.74, 6) is 0.830. The fourth-order valence-corrected chi connectivity index (χ4v) is 3.84. The summed E-state index contributed by atoms with van der Waals surface area (Å²) in [6, 6.07) is 8.44. The van der Waals surface area contributed by atoms with Crippen LogP contribution in [0.3, 0.4) is 0 Å². The van der Waals surface area contributed by atoms with Crippen LogP contribution in [0.15, 0.2) is 29.3 Å². The minimum Gasteiger partial charge on any atom is -0.354 e. The molecule has 1 amide bonds. The number of aliphatic imine (C=N–C) groups is 1. The van der Waals surface area contributed by atoms with Crippen LogP contribution in [0.1, 0.15) is 55.5 Å². The number of rotatable bonds is 7. The average molecular weight is 504 g/mol. The van der Waals surface area contributed by atoms with Crippen LogP contribution < -0.4 is 16.0 Å². The van der Waals surface area contributed by atoms with Gasteiger partial charge in [-0.15, -0.1) is 24.0 Å². The maximum atomic E-state index is 12.1. The maximum absolute atomic E-state index is 12.1. The van der Waals surface area contributed by atoms with Gasteiger partial charge >= 0.3 is 0 Å². The number of halogens is 1. The number of nitrogens with zero attached hydrogens (tertiary/aromatic N) is 1. The van der Waals surface area contributed by atoms with E-state index < -0.39 is 0 Å². The molecule has 0 aromatic heterocycles. The van der Waals surface area contributed by atoms with Gasteiger partial charge in [0, 0.05) is 36.5 Å². The zero-order chi connectivity index (χ0) is 18.9. The van der Waals surface area contributed by atoms with Gasteiger partial charge in [-0.25, -0.2) is 0 Å². The second-order valence-corrected chi connectivity index (χ2v) is 8.06. The molecule has 0 bridgehead atoms. The van der Waals surface area contributed by atoms with Gasteiger partial charge in [-0.3, -0.25) is 9.79 Å². The van der Waals surface area contributed by atoms with Gasteiger partial charge in [0.25, 0.3) is 5.91 Å². The van der Waals surface area contributed by atoms with E-state index in [1.165, 1.54) is 19.3 Å². The molecule has 2 rings (SSSR count). The molecule has 1 aromatic rings. The summed E-state index contributed by atoms with van der Waals surface area (Å²) in [4.78, 5) is 16.5. The van der Waals surface area contributed by atoms with E-state index in [-0.39, 0.29) is 35.9 Å². The molecule has 0 radical (unpaired) electrons. The first-order valence-corrected chi connectivity index (χ1v) is 10.7. The summed E-state index contributed by atoms with van der Waals surface area (Å²) >= 11 is 1.96. The monoisotopic (exact) mass is 504 g/mol. The van der Waals surface area contributed by atoms with Crippen LogP contribution >= 0.6 is 35.7 Å². The molecule has 1 saturated carbocycles. The summed E-state index contributed by atoms with van der Waals surface area (Å²) in [5.41, 5.74) is 1.83. The highest BCUT2D eigenvalue weighted by atomic mass is 127. The highest BCUT2D eigenvalue weighted by Crippen LogP contribution is 2.27. The Balaban J connectivity index is 0.00000364. The van der Waals surface area contributed by atoms with Crippen molar-refractivity contribution < 1.29 is 4.79 Å². The predicted molar refractivity (Wildman–Crippen MR) is 127 cm³/mol. The average Bonchev–Trinajstić information content (AvgIpc) is 3.12. The third-order valence-corrected chi connectivity index (χ3v) is 6.04. The van der Waals surface area contributed by atoms with Crippen molar-refractivity contribution in [2.24, 2.45) is 4.99 Å². The lowest BCUT2D eigenvalue weighted by atomic mass is 10.1. The summed E-state index contributed by atoms with van der Waals surface area (Å²) in [6.45, 7) is 4.76. The molecular weight excluding hydrogens is 471 g/mol. The fourth-order valence-electron chi connectivity index (χ4n) is 3.04. The van der Waals surface area contributed by atoms with E-state index in [1.54, 1.807) is 7.05 Å². The number of carbonyl (C=O) groups excluding carboxylic acids is 1. The van der Waals surface area contributed by atoms with Crippen molar-refractivity contribution in [3.05, 3.63) is 35.4 Å². The van der Waals surface area contributed by atoms with Gasteiger partial charge in [0.05, 0.1) is 0 Å². The lowest BCUT2D eigenvalue weighted by Crippen LogP contribution is -2.42. The quantitative estimate of drug-likeness (QED) is 0.301. The lowest BCUT2D eigenvalue weighted by molar-refractivity contribution is 0.0939. The predicted octanol–water partition coefficient (Wildman–Crippen LogP) is 3.78. The number of hydrogen-bond acceptors (Lipinski definition) is 3. The van der Waals surface area contributed by atoms with Crippen LogP contribution in [-0.4, -0.2) is 42.5 Å². The molecule has 1 aromatic carbocycles. The Morgan fingerprint density at radius 1 is 1.30 bits per heavy atom. The molecular formula is C20H33IN4OS. The summed E-state index contributed by atoms with van der Waals surface area (Å²) in [7, 11) is 1.80. The van der Waals surface area contributed by atoms with Crippen LogP contribution in [0.25, 0.3) is 0 Å². The summed E-state index contributed by atoms with van der Waals surface area (Å²) in [5, 5.41) is 10.6. The number of nitrogens with one attached hydrogen (secondary N) is 3. The molecule has 0 spiro atoms. The molecule has 5 nitrogen and oxygen atoms in total. The SMILES string of the molecule is CCC(C)NC(=O)c1ccc(CNC(=NC)NC2CCC(SC)C2)cc1.I. The molecule has 0 heterocycles. The summed E-state index contributed by atoms with van der Waals surface area (Å²) < 4.78 is 0. The third kappa shape index (κ3) is 7.89. The first-order valence-electron chi connectivity index (χ1n) is 9.45. The molecule has 1 aliphatic carbocycles. The van der Waals surface area contributed by atoms with E-state index in [0.29, 0.717) is 18.2 Å². The maximum Gasteiger partial charge on any atom is 0.251 e. The molecule has 1 fully saturated rings. The molecule has 27 heavy (non-hydrogen) atoms. The second kappa shape index (κ2) is 12.5. The zero-order valence-electron chi connectivity index (χ0n) is 16.7. The highest BCUT2D eigenvalue weighted by molar-refractivity contribution is 14.0. The molecule has 0 saturated heterocycles. The van der Waals surface area contributed by atoms with Gasteiger partial charge in [0.15, 0.2) is 5.96 Å².